The third-order valence-electron chi connectivity index (χ3n) is 5.58. The third kappa shape index (κ3) is 5.53. The lowest BCUT2D eigenvalue weighted by atomic mass is 9.93. The van der Waals surface area contributed by atoms with Gasteiger partial charge in [0.1, 0.15) is 28.9 Å². The third-order valence-corrected chi connectivity index (χ3v) is 5.58. The van der Waals surface area contributed by atoms with E-state index in [0.717, 1.165) is 24.5 Å². The van der Waals surface area contributed by atoms with Crippen LogP contribution >= 0.6 is 0 Å². The number of phenolic OH excluding ortho intramolecular Hbond substituents is 4. The van der Waals surface area contributed by atoms with E-state index in [-0.39, 0.29) is 46.5 Å². The van der Waals surface area contributed by atoms with Gasteiger partial charge in [0.05, 0.1) is 12.0 Å². The highest BCUT2D eigenvalue weighted by atomic mass is 16.5. The van der Waals surface area contributed by atoms with Gasteiger partial charge in [-0.25, -0.2) is 0 Å². The van der Waals surface area contributed by atoms with Crippen molar-refractivity contribution < 1.29 is 35.1 Å². The maximum Gasteiger partial charge on any atom is 0.174 e. The number of allylic oxidation sites excluding steroid dienone is 2. The number of fused-ring (bicyclic) bond motifs is 1. The Morgan fingerprint density at radius 2 is 1.84 bits per heavy atom. The molecule has 5 N–H and O–H groups in total. The molecule has 1 heterocycles. The number of benzene rings is 2. The van der Waals surface area contributed by atoms with Gasteiger partial charge in [0.15, 0.2) is 17.3 Å². The number of aliphatic hydroxyl groups is 1. The minimum Gasteiger partial charge on any atom is -0.508 e. The van der Waals surface area contributed by atoms with Crippen LogP contribution in [0.5, 0.6) is 28.7 Å². The van der Waals surface area contributed by atoms with Crippen LogP contribution in [0.4, 0.5) is 0 Å². The van der Waals surface area contributed by atoms with Gasteiger partial charge in [-0.15, -0.1) is 0 Å². The summed E-state index contributed by atoms with van der Waals surface area (Å²) in [5.41, 5.74) is 1.41. The minimum atomic E-state index is -0.738. The van der Waals surface area contributed by atoms with E-state index in [1.165, 1.54) is 12.1 Å². The van der Waals surface area contributed by atoms with Crippen molar-refractivity contribution in [2.75, 3.05) is 0 Å². The van der Waals surface area contributed by atoms with Gasteiger partial charge in [0.2, 0.25) is 0 Å². The molecular weight excluding hydrogens is 412 g/mol. The number of aromatic hydroxyl groups is 4. The largest absolute Gasteiger partial charge is 0.508 e. The molecule has 1 aliphatic rings. The highest BCUT2D eigenvalue weighted by molar-refractivity contribution is 6.02. The Hall–Kier alpha value is -3.19. The second-order valence-corrected chi connectivity index (χ2v) is 9.04. The van der Waals surface area contributed by atoms with Crippen molar-refractivity contribution >= 4 is 5.78 Å². The minimum absolute atomic E-state index is 0.0203. The molecule has 0 radical (unpaired) electrons. The topological polar surface area (TPSA) is 127 Å². The number of carbonyl (C=O) groups excluding carboxylic acids is 1. The van der Waals surface area contributed by atoms with Crippen LogP contribution in [0.25, 0.3) is 0 Å². The first-order valence-electron chi connectivity index (χ1n) is 10.6. The molecule has 0 aliphatic carbocycles. The summed E-state index contributed by atoms with van der Waals surface area (Å²) < 4.78 is 5.84. The van der Waals surface area contributed by atoms with E-state index < -0.39 is 11.7 Å². The van der Waals surface area contributed by atoms with Crippen LogP contribution < -0.4 is 4.74 Å². The molecule has 1 aliphatic heterocycles. The predicted molar refractivity (Wildman–Crippen MR) is 119 cm³/mol. The fourth-order valence-electron chi connectivity index (χ4n) is 3.84. The highest BCUT2D eigenvalue weighted by Gasteiger charge is 2.31. The zero-order chi connectivity index (χ0) is 23.6. The number of carbonyl (C=O) groups is 1. The number of hydrogen-bond donors (Lipinski definition) is 5. The van der Waals surface area contributed by atoms with Crippen molar-refractivity contribution in [3.8, 4) is 28.7 Å². The molecule has 1 atom stereocenters. The zero-order valence-electron chi connectivity index (χ0n) is 18.6. The maximum atomic E-state index is 12.6. The van der Waals surface area contributed by atoms with Gasteiger partial charge in [-0.2, -0.15) is 0 Å². The molecule has 7 heteroatoms. The number of ether oxygens (including phenoxy) is 1. The van der Waals surface area contributed by atoms with Crippen LogP contribution in [0.1, 0.15) is 74.0 Å². The summed E-state index contributed by atoms with van der Waals surface area (Å²) in [6.45, 7) is 5.53. The zero-order valence-corrected chi connectivity index (χ0v) is 18.6. The molecule has 0 amide bonds. The monoisotopic (exact) mass is 442 g/mol. The molecule has 0 saturated carbocycles. The first-order valence-corrected chi connectivity index (χ1v) is 10.6. The molecule has 3 rings (SSSR count). The van der Waals surface area contributed by atoms with Gasteiger partial charge in [0.25, 0.3) is 0 Å². The lowest BCUT2D eigenvalue weighted by Gasteiger charge is -2.26. The quantitative estimate of drug-likeness (QED) is 0.312. The Kier molecular flexibility index (Phi) is 6.69. The van der Waals surface area contributed by atoms with Crippen molar-refractivity contribution in [3.63, 3.8) is 0 Å². The number of Topliss-reactive ketones (excluding diaryl/α,β-unsaturated/α-hetero) is 1. The smallest absolute Gasteiger partial charge is 0.174 e. The molecule has 0 bridgehead atoms. The molecule has 0 fully saturated rings. The molecule has 0 aromatic heterocycles. The van der Waals surface area contributed by atoms with Crippen molar-refractivity contribution in [1.82, 2.24) is 0 Å². The Morgan fingerprint density at radius 3 is 2.53 bits per heavy atom. The van der Waals surface area contributed by atoms with E-state index in [1.807, 2.05) is 13.0 Å². The van der Waals surface area contributed by atoms with Gasteiger partial charge in [0, 0.05) is 17.7 Å². The van der Waals surface area contributed by atoms with Gasteiger partial charge < -0.3 is 30.3 Å². The molecule has 172 valence electrons. The average molecular weight is 443 g/mol. The fraction of sp³-hybridized carbons (Fsp3) is 0.400. The van der Waals surface area contributed by atoms with Crippen LogP contribution in [0, 0.1) is 0 Å². The van der Waals surface area contributed by atoms with E-state index in [2.05, 4.69) is 0 Å². The van der Waals surface area contributed by atoms with E-state index in [4.69, 9.17) is 4.74 Å². The van der Waals surface area contributed by atoms with E-state index in [1.54, 1.807) is 19.9 Å². The molecule has 7 nitrogen and oxygen atoms in total. The standard InChI is InChI=1S/C25H30O7/c1-14(5-4-8-25(2,3)31)6-7-15-9-16(10-20(29)24(15)30)21-13-19(28)23-18(27)11-17(26)12-22(23)32-21/h6,9-12,21,26-27,29-31H,4-5,7-8,13H2,1-3H3/b14-6+/t21-/m0/s1. The van der Waals surface area contributed by atoms with Crippen LogP contribution in [0.3, 0.4) is 0 Å². The van der Waals surface area contributed by atoms with Crippen molar-refractivity contribution in [2.45, 2.75) is 64.6 Å². The van der Waals surface area contributed by atoms with E-state index in [0.29, 0.717) is 24.0 Å². The molecular formula is C25H30O7. The van der Waals surface area contributed by atoms with E-state index >= 15 is 0 Å². The first-order chi connectivity index (χ1) is 14.9. The van der Waals surface area contributed by atoms with Crippen LogP contribution in [-0.2, 0) is 6.42 Å². The Morgan fingerprint density at radius 1 is 1.12 bits per heavy atom. The van der Waals surface area contributed by atoms with E-state index in [9.17, 15) is 30.3 Å². The Labute approximate surface area is 187 Å². The lowest BCUT2D eigenvalue weighted by Crippen LogP contribution is -2.20. The normalized spacial score (nSPS) is 16.6. The molecule has 0 spiro atoms. The molecule has 2 aromatic carbocycles. The predicted octanol–water partition coefficient (Wildman–Crippen LogP) is 4.65. The van der Waals surface area contributed by atoms with Crippen LogP contribution in [0.15, 0.2) is 35.9 Å². The summed E-state index contributed by atoms with van der Waals surface area (Å²) in [6, 6.07) is 5.38. The Balaban J connectivity index is 1.80. The molecule has 0 unspecified atom stereocenters. The maximum absolute atomic E-state index is 12.6. The van der Waals surface area contributed by atoms with Gasteiger partial charge >= 0.3 is 0 Å². The summed E-state index contributed by atoms with van der Waals surface area (Å²) in [7, 11) is 0. The number of hydrogen-bond acceptors (Lipinski definition) is 7. The number of phenols is 4. The van der Waals surface area contributed by atoms with Crippen LogP contribution in [0.2, 0.25) is 0 Å². The molecule has 32 heavy (non-hydrogen) atoms. The van der Waals surface area contributed by atoms with Crippen molar-refractivity contribution in [2.24, 2.45) is 0 Å². The second-order valence-electron chi connectivity index (χ2n) is 9.04. The highest BCUT2D eigenvalue weighted by Crippen LogP contribution is 2.43. The van der Waals surface area contributed by atoms with Gasteiger partial charge in [-0.05, 0) is 64.2 Å². The summed E-state index contributed by atoms with van der Waals surface area (Å²) in [5, 5.41) is 50.1. The van der Waals surface area contributed by atoms with Gasteiger partial charge in [-0.1, -0.05) is 11.6 Å². The summed E-state index contributed by atoms with van der Waals surface area (Å²) in [6.07, 6.45) is 3.86. The fourth-order valence-corrected chi connectivity index (χ4v) is 3.84. The number of ketones is 1. The summed E-state index contributed by atoms with van der Waals surface area (Å²) in [4.78, 5) is 12.6. The average Bonchev–Trinajstić information content (AvgIpc) is 2.67. The van der Waals surface area contributed by atoms with Crippen LogP contribution in [-0.4, -0.2) is 36.9 Å². The van der Waals surface area contributed by atoms with Crippen molar-refractivity contribution in [1.29, 1.82) is 0 Å². The summed E-state index contributed by atoms with van der Waals surface area (Å²) in [5.74, 6) is -1.39. The second kappa shape index (κ2) is 9.12. The summed E-state index contributed by atoms with van der Waals surface area (Å²) >= 11 is 0. The van der Waals surface area contributed by atoms with Crippen molar-refractivity contribution in [3.05, 3.63) is 52.6 Å². The molecule has 2 aromatic rings. The number of rotatable bonds is 7. The Bertz CT molecular complexity index is 1050. The lowest BCUT2D eigenvalue weighted by molar-refractivity contribution is 0.0689. The molecule has 0 saturated heterocycles. The van der Waals surface area contributed by atoms with Gasteiger partial charge in [-0.3, -0.25) is 4.79 Å². The SMILES string of the molecule is C/C(=C\Cc1cc([C@@H]2CC(=O)c3c(O)cc(O)cc3O2)cc(O)c1O)CCCC(C)(C)O. The first kappa shape index (κ1) is 23.5.